The highest BCUT2D eigenvalue weighted by Gasteiger charge is 2.31. The summed E-state index contributed by atoms with van der Waals surface area (Å²) in [4.78, 5) is 10.6. The quantitative estimate of drug-likeness (QED) is 0.789. The molecule has 5 heteroatoms. The van der Waals surface area contributed by atoms with Crippen LogP contribution in [0.1, 0.15) is 13.3 Å². The van der Waals surface area contributed by atoms with Crippen LogP contribution in [0.15, 0.2) is 12.3 Å². The van der Waals surface area contributed by atoms with Gasteiger partial charge in [-0.25, -0.2) is 4.98 Å². The minimum absolute atomic E-state index is 0.180. The first-order valence-corrected chi connectivity index (χ1v) is 5.64. The molecule has 0 amide bonds. The van der Waals surface area contributed by atoms with Crippen LogP contribution in [0, 0.1) is 5.92 Å². The summed E-state index contributed by atoms with van der Waals surface area (Å²) in [5.74, 6) is 2.02. The van der Waals surface area contributed by atoms with E-state index in [1.165, 1.54) is 0 Å². The van der Waals surface area contributed by atoms with E-state index < -0.39 is 0 Å². The molecule has 0 aliphatic carbocycles. The van der Waals surface area contributed by atoms with Gasteiger partial charge in [0.25, 0.3) is 0 Å². The Labute approximate surface area is 95.5 Å². The Morgan fingerprint density at radius 1 is 1.62 bits per heavy atom. The fraction of sp³-hybridized carbons (Fsp3) is 0.636. The van der Waals surface area contributed by atoms with Crippen LogP contribution in [0.2, 0.25) is 0 Å². The van der Waals surface area contributed by atoms with E-state index in [2.05, 4.69) is 27.1 Å². The monoisotopic (exact) mass is 222 g/mol. The number of aliphatic hydroxyl groups is 1. The number of aromatic nitrogens is 2. The molecule has 1 aliphatic heterocycles. The molecule has 2 heterocycles. The van der Waals surface area contributed by atoms with Gasteiger partial charge in [0.2, 0.25) is 5.95 Å². The summed E-state index contributed by atoms with van der Waals surface area (Å²) in [5, 5.41) is 12.3. The first-order valence-electron chi connectivity index (χ1n) is 5.64. The smallest absolute Gasteiger partial charge is 0.224 e. The molecule has 2 N–H and O–H groups in total. The van der Waals surface area contributed by atoms with Crippen molar-refractivity contribution in [2.45, 2.75) is 19.4 Å². The third-order valence-electron chi connectivity index (χ3n) is 3.23. The largest absolute Gasteiger partial charge is 0.394 e. The van der Waals surface area contributed by atoms with Crippen molar-refractivity contribution in [2.24, 2.45) is 5.92 Å². The summed E-state index contributed by atoms with van der Waals surface area (Å²) in [5.41, 5.74) is 0. The Kier molecular flexibility index (Phi) is 3.24. The maximum absolute atomic E-state index is 9.39. The molecule has 5 nitrogen and oxygen atoms in total. The molecule has 1 aromatic heterocycles. The zero-order chi connectivity index (χ0) is 11.5. The summed E-state index contributed by atoms with van der Waals surface area (Å²) in [6.07, 6.45) is 2.84. The van der Waals surface area contributed by atoms with Crippen LogP contribution in [-0.4, -0.2) is 41.3 Å². The minimum Gasteiger partial charge on any atom is -0.394 e. The van der Waals surface area contributed by atoms with Crippen molar-refractivity contribution in [3.8, 4) is 0 Å². The molecular weight excluding hydrogens is 204 g/mol. The Morgan fingerprint density at radius 3 is 3.12 bits per heavy atom. The molecular formula is C11H18N4O. The Bertz CT molecular complexity index is 358. The van der Waals surface area contributed by atoms with E-state index in [1.54, 1.807) is 13.2 Å². The summed E-state index contributed by atoms with van der Waals surface area (Å²) < 4.78 is 0. The number of nitrogens with zero attached hydrogens (tertiary/aromatic N) is 3. The van der Waals surface area contributed by atoms with Crippen LogP contribution < -0.4 is 10.2 Å². The Morgan fingerprint density at radius 2 is 2.44 bits per heavy atom. The average Bonchev–Trinajstić information content (AvgIpc) is 2.70. The highest BCUT2D eigenvalue weighted by Crippen LogP contribution is 2.28. The van der Waals surface area contributed by atoms with Gasteiger partial charge in [-0.05, 0) is 18.4 Å². The lowest BCUT2D eigenvalue weighted by Crippen LogP contribution is -2.35. The van der Waals surface area contributed by atoms with Crippen LogP contribution in [0.3, 0.4) is 0 Å². The lowest BCUT2D eigenvalue weighted by molar-refractivity contribution is 0.244. The molecule has 2 unspecified atom stereocenters. The van der Waals surface area contributed by atoms with E-state index in [-0.39, 0.29) is 12.6 Å². The average molecular weight is 222 g/mol. The molecule has 1 saturated heterocycles. The van der Waals surface area contributed by atoms with E-state index in [0.29, 0.717) is 11.9 Å². The van der Waals surface area contributed by atoms with E-state index in [0.717, 1.165) is 18.8 Å². The van der Waals surface area contributed by atoms with Gasteiger partial charge >= 0.3 is 0 Å². The molecule has 2 rings (SSSR count). The van der Waals surface area contributed by atoms with Gasteiger partial charge in [-0.1, -0.05) is 6.92 Å². The first-order chi connectivity index (χ1) is 7.76. The van der Waals surface area contributed by atoms with E-state index >= 15 is 0 Å². The second-order valence-corrected chi connectivity index (χ2v) is 4.20. The predicted octanol–water partition coefficient (Wildman–Crippen LogP) is 0.725. The number of anilines is 2. The van der Waals surface area contributed by atoms with Gasteiger partial charge in [0, 0.05) is 19.8 Å². The highest BCUT2D eigenvalue weighted by atomic mass is 16.3. The third kappa shape index (κ3) is 1.95. The summed E-state index contributed by atoms with van der Waals surface area (Å²) in [6, 6.07) is 2.07. The van der Waals surface area contributed by atoms with Crippen molar-refractivity contribution in [3.63, 3.8) is 0 Å². The van der Waals surface area contributed by atoms with E-state index in [9.17, 15) is 5.11 Å². The Hall–Kier alpha value is -1.36. The first kappa shape index (κ1) is 11.1. The van der Waals surface area contributed by atoms with Crippen molar-refractivity contribution < 1.29 is 5.11 Å². The normalized spacial score (nSPS) is 24.8. The van der Waals surface area contributed by atoms with Crippen molar-refractivity contribution in [2.75, 3.05) is 30.4 Å². The highest BCUT2D eigenvalue weighted by molar-refractivity contribution is 5.44. The number of rotatable bonds is 3. The molecule has 2 atom stereocenters. The molecule has 1 aliphatic rings. The minimum atomic E-state index is 0.180. The van der Waals surface area contributed by atoms with E-state index in [1.807, 2.05) is 6.07 Å². The standard InChI is InChI=1S/C11H18N4O/c1-8-4-6-15(9(8)7-16)10-3-5-13-11(12-2)14-10/h3,5,8-9,16H,4,6-7H2,1-2H3,(H,12,13,14). The number of hydrogen-bond donors (Lipinski definition) is 2. The summed E-state index contributed by atoms with van der Waals surface area (Å²) in [7, 11) is 1.80. The molecule has 88 valence electrons. The molecule has 16 heavy (non-hydrogen) atoms. The number of hydrogen-bond acceptors (Lipinski definition) is 5. The van der Waals surface area contributed by atoms with Gasteiger partial charge in [0.05, 0.1) is 12.6 Å². The second-order valence-electron chi connectivity index (χ2n) is 4.20. The molecule has 0 aromatic carbocycles. The van der Waals surface area contributed by atoms with Crippen LogP contribution >= 0.6 is 0 Å². The van der Waals surface area contributed by atoms with Crippen molar-refractivity contribution in [1.82, 2.24) is 9.97 Å². The summed E-state index contributed by atoms with van der Waals surface area (Å²) in [6.45, 7) is 3.30. The summed E-state index contributed by atoms with van der Waals surface area (Å²) >= 11 is 0. The molecule has 0 saturated carbocycles. The fourth-order valence-corrected chi connectivity index (χ4v) is 2.20. The zero-order valence-electron chi connectivity index (χ0n) is 9.72. The van der Waals surface area contributed by atoms with Gasteiger partial charge in [0.1, 0.15) is 5.82 Å². The van der Waals surface area contributed by atoms with Crippen molar-refractivity contribution >= 4 is 11.8 Å². The Balaban J connectivity index is 2.22. The lowest BCUT2D eigenvalue weighted by Gasteiger charge is -2.26. The number of aliphatic hydroxyl groups excluding tert-OH is 1. The maximum atomic E-state index is 9.39. The van der Waals surface area contributed by atoms with Gasteiger partial charge in [0.15, 0.2) is 0 Å². The zero-order valence-corrected chi connectivity index (χ0v) is 9.72. The van der Waals surface area contributed by atoms with Crippen molar-refractivity contribution in [1.29, 1.82) is 0 Å². The second kappa shape index (κ2) is 4.65. The lowest BCUT2D eigenvalue weighted by atomic mass is 10.0. The van der Waals surface area contributed by atoms with Crippen LogP contribution in [0.4, 0.5) is 11.8 Å². The molecule has 0 bridgehead atoms. The SMILES string of the molecule is CNc1nccc(N2CCC(C)C2CO)n1. The topological polar surface area (TPSA) is 61.3 Å². The fourth-order valence-electron chi connectivity index (χ4n) is 2.20. The van der Waals surface area contributed by atoms with Crippen LogP contribution in [0.5, 0.6) is 0 Å². The number of nitrogens with one attached hydrogen (secondary N) is 1. The van der Waals surface area contributed by atoms with Gasteiger partial charge in [-0.3, -0.25) is 0 Å². The maximum Gasteiger partial charge on any atom is 0.224 e. The van der Waals surface area contributed by atoms with E-state index in [4.69, 9.17) is 0 Å². The van der Waals surface area contributed by atoms with Gasteiger partial charge in [-0.2, -0.15) is 4.98 Å². The van der Waals surface area contributed by atoms with Crippen LogP contribution in [-0.2, 0) is 0 Å². The van der Waals surface area contributed by atoms with Gasteiger partial charge in [-0.15, -0.1) is 0 Å². The van der Waals surface area contributed by atoms with Gasteiger partial charge < -0.3 is 15.3 Å². The molecule has 0 spiro atoms. The van der Waals surface area contributed by atoms with Crippen molar-refractivity contribution in [3.05, 3.63) is 12.3 Å². The third-order valence-corrected chi connectivity index (χ3v) is 3.23. The molecule has 1 aromatic rings. The predicted molar refractivity (Wildman–Crippen MR) is 63.6 cm³/mol. The van der Waals surface area contributed by atoms with Crippen LogP contribution in [0.25, 0.3) is 0 Å². The molecule has 0 radical (unpaired) electrons. The molecule has 1 fully saturated rings.